The molecule has 3 heterocycles. The molecule has 3 atom stereocenters. The van der Waals surface area contributed by atoms with Crippen LogP contribution in [0.2, 0.25) is 0 Å². The van der Waals surface area contributed by atoms with E-state index in [9.17, 15) is 14.3 Å². The predicted molar refractivity (Wildman–Crippen MR) is 150 cm³/mol. The second-order valence-corrected chi connectivity index (χ2v) is 11.8. The Labute approximate surface area is 234 Å². The highest BCUT2D eigenvalue weighted by Crippen LogP contribution is 2.53. The zero-order valence-corrected chi connectivity index (χ0v) is 23.5. The van der Waals surface area contributed by atoms with E-state index < -0.39 is 11.4 Å². The summed E-state index contributed by atoms with van der Waals surface area (Å²) in [6, 6.07) is 11.6. The number of carbonyl (C=O) groups is 1. The van der Waals surface area contributed by atoms with Crippen molar-refractivity contribution in [2.24, 2.45) is 5.41 Å². The van der Waals surface area contributed by atoms with E-state index in [4.69, 9.17) is 9.47 Å². The van der Waals surface area contributed by atoms with Crippen molar-refractivity contribution in [1.29, 1.82) is 0 Å². The molecule has 2 saturated heterocycles. The van der Waals surface area contributed by atoms with Crippen molar-refractivity contribution in [1.82, 2.24) is 20.2 Å². The minimum Gasteiger partial charge on any atom is -0.453 e. The Kier molecular flexibility index (Phi) is 7.79. The fourth-order valence-electron chi connectivity index (χ4n) is 5.91. The summed E-state index contributed by atoms with van der Waals surface area (Å²) in [5.41, 5.74) is 1.93. The molecule has 0 saturated carbocycles. The van der Waals surface area contributed by atoms with E-state index in [-0.39, 0.29) is 30.1 Å². The molecule has 5 rings (SSSR count). The minimum absolute atomic E-state index is 0.0442. The SMILES string of the molecule is CC(CO)c1ccccc1-c1cc(F)ccc1Oc1cncnc1C1N(C(=O)OC(C)(C)C)CCC12CCNC2. The number of halogens is 1. The van der Waals surface area contributed by atoms with E-state index in [1.165, 1.54) is 18.5 Å². The third-order valence-corrected chi connectivity index (χ3v) is 7.83. The third-order valence-electron chi connectivity index (χ3n) is 7.83. The molecular weight excluding hydrogens is 511 g/mol. The first kappa shape index (κ1) is 28.0. The Morgan fingerprint density at radius 3 is 2.73 bits per heavy atom. The number of aliphatic hydroxyl groups excluding tert-OH is 1. The van der Waals surface area contributed by atoms with Crippen LogP contribution in [0.25, 0.3) is 11.1 Å². The number of hydrogen-bond donors (Lipinski definition) is 2. The molecule has 1 aromatic heterocycles. The molecule has 3 unspecified atom stereocenters. The summed E-state index contributed by atoms with van der Waals surface area (Å²) in [6.07, 6.45) is 4.36. The zero-order valence-electron chi connectivity index (χ0n) is 23.5. The molecule has 2 fully saturated rings. The second-order valence-electron chi connectivity index (χ2n) is 11.8. The summed E-state index contributed by atoms with van der Waals surface area (Å²) in [5.74, 6) is 0.269. The van der Waals surface area contributed by atoms with Gasteiger partial charge in [-0.3, -0.25) is 4.90 Å². The smallest absolute Gasteiger partial charge is 0.410 e. The van der Waals surface area contributed by atoms with Crippen LogP contribution < -0.4 is 10.1 Å². The number of likely N-dealkylation sites (tertiary alicyclic amines) is 1. The van der Waals surface area contributed by atoms with Crippen LogP contribution in [0.15, 0.2) is 55.0 Å². The third kappa shape index (κ3) is 5.53. The molecule has 1 spiro atoms. The van der Waals surface area contributed by atoms with Gasteiger partial charge in [0.05, 0.1) is 12.2 Å². The Morgan fingerprint density at radius 1 is 1.20 bits per heavy atom. The van der Waals surface area contributed by atoms with E-state index in [1.54, 1.807) is 17.2 Å². The number of amides is 1. The van der Waals surface area contributed by atoms with Crippen molar-refractivity contribution in [3.63, 3.8) is 0 Å². The number of carbonyl (C=O) groups excluding carboxylic acids is 1. The van der Waals surface area contributed by atoms with Crippen molar-refractivity contribution in [3.8, 4) is 22.6 Å². The van der Waals surface area contributed by atoms with Gasteiger partial charge in [-0.1, -0.05) is 31.2 Å². The van der Waals surface area contributed by atoms with E-state index in [0.717, 1.165) is 37.1 Å². The lowest BCUT2D eigenvalue weighted by atomic mass is 9.78. The molecule has 8 nitrogen and oxygen atoms in total. The van der Waals surface area contributed by atoms with Gasteiger partial charge in [-0.25, -0.2) is 19.2 Å². The Morgan fingerprint density at radius 2 is 2.00 bits per heavy atom. The molecule has 40 heavy (non-hydrogen) atoms. The number of aliphatic hydroxyl groups is 1. The van der Waals surface area contributed by atoms with Crippen LogP contribution in [0.4, 0.5) is 9.18 Å². The van der Waals surface area contributed by atoms with Crippen LogP contribution in [0.3, 0.4) is 0 Å². The first-order valence-electron chi connectivity index (χ1n) is 13.8. The average Bonchev–Trinajstić information content (AvgIpc) is 3.56. The molecule has 2 N–H and O–H groups in total. The highest BCUT2D eigenvalue weighted by molar-refractivity contribution is 5.75. The maximum Gasteiger partial charge on any atom is 0.410 e. The van der Waals surface area contributed by atoms with Crippen molar-refractivity contribution in [2.45, 2.75) is 58.1 Å². The molecule has 0 radical (unpaired) electrons. The summed E-state index contributed by atoms with van der Waals surface area (Å²) in [4.78, 5) is 24.1. The largest absolute Gasteiger partial charge is 0.453 e. The number of ether oxygens (including phenoxy) is 2. The van der Waals surface area contributed by atoms with Gasteiger partial charge in [-0.05, 0) is 69.5 Å². The van der Waals surface area contributed by atoms with Gasteiger partial charge in [-0.2, -0.15) is 0 Å². The highest BCUT2D eigenvalue weighted by atomic mass is 19.1. The van der Waals surface area contributed by atoms with Crippen molar-refractivity contribution < 1.29 is 23.8 Å². The van der Waals surface area contributed by atoms with Crippen LogP contribution in [0, 0.1) is 11.2 Å². The number of hydrogen-bond acceptors (Lipinski definition) is 7. The van der Waals surface area contributed by atoms with Crippen LogP contribution in [-0.2, 0) is 4.74 Å². The van der Waals surface area contributed by atoms with Gasteiger partial charge in [0.2, 0.25) is 0 Å². The Bertz CT molecular complexity index is 1370. The van der Waals surface area contributed by atoms with E-state index in [1.807, 2.05) is 52.0 Å². The van der Waals surface area contributed by atoms with Gasteiger partial charge >= 0.3 is 6.09 Å². The van der Waals surface area contributed by atoms with Gasteiger partial charge < -0.3 is 19.9 Å². The van der Waals surface area contributed by atoms with Crippen LogP contribution in [0.1, 0.15) is 63.8 Å². The van der Waals surface area contributed by atoms with Gasteiger partial charge in [-0.15, -0.1) is 0 Å². The summed E-state index contributed by atoms with van der Waals surface area (Å²) in [6.45, 7) is 9.57. The Hall–Kier alpha value is -3.56. The summed E-state index contributed by atoms with van der Waals surface area (Å²) in [5, 5.41) is 13.3. The Balaban J connectivity index is 1.58. The van der Waals surface area contributed by atoms with Crippen molar-refractivity contribution in [3.05, 3.63) is 72.1 Å². The summed E-state index contributed by atoms with van der Waals surface area (Å²) in [7, 11) is 0. The number of nitrogens with zero attached hydrogens (tertiary/aromatic N) is 3. The van der Waals surface area contributed by atoms with Gasteiger partial charge in [0.15, 0.2) is 5.75 Å². The lowest BCUT2D eigenvalue weighted by Crippen LogP contribution is -2.40. The highest BCUT2D eigenvalue weighted by Gasteiger charge is 2.53. The van der Waals surface area contributed by atoms with Gasteiger partial charge in [0.1, 0.15) is 29.2 Å². The second kappa shape index (κ2) is 11.1. The zero-order chi connectivity index (χ0) is 28.5. The first-order chi connectivity index (χ1) is 19.1. The van der Waals surface area contributed by atoms with E-state index >= 15 is 0 Å². The van der Waals surface area contributed by atoms with E-state index in [2.05, 4.69) is 15.3 Å². The lowest BCUT2D eigenvalue weighted by molar-refractivity contribution is 0.0160. The van der Waals surface area contributed by atoms with Crippen molar-refractivity contribution in [2.75, 3.05) is 26.2 Å². The molecule has 2 aliphatic rings. The number of nitrogens with one attached hydrogen (secondary N) is 1. The van der Waals surface area contributed by atoms with Crippen molar-refractivity contribution >= 4 is 6.09 Å². The fraction of sp³-hybridized carbons (Fsp3) is 0.452. The normalized spacial score (nSPS) is 21.6. The standard InChI is InChI=1S/C31H37FN4O4/c1-20(17-37)22-7-5-6-8-23(22)24-15-21(32)9-10-25(24)39-26-16-34-19-35-27(26)28-31(11-13-33-18-31)12-14-36(28)29(38)40-30(2,3)4/h5-10,15-16,19-20,28,33,37H,11-14,17-18H2,1-4H3. The fourth-order valence-corrected chi connectivity index (χ4v) is 5.91. The molecule has 2 aliphatic heterocycles. The minimum atomic E-state index is -0.640. The quantitative estimate of drug-likeness (QED) is 0.400. The average molecular weight is 549 g/mol. The predicted octanol–water partition coefficient (Wildman–Crippen LogP) is 5.83. The van der Waals surface area contributed by atoms with Crippen LogP contribution in [-0.4, -0.2) is 57.9 Å². The number of aromatic nitrogens is 2. The monoisotopic (exact) mass is 548 g/mol. The van der Waals surface area contributed by atoms with Crippen LogP contribution >= 0.6 is 0 Å². The number of rotatable bonds is 6. The molecule has 2 aromatic carbocycles. The molecule has 0 bridgehead atoms. The van der Waals surface area contributed by atoms with Gasteiger partial charge in [0, 0.05) is 36.6 Å². The first-order valence-corrected chi connectivity index (χ1v) is 13.8. The van der Waals surface area contributed by atoms with E-state index in [0.29, 0.717) is 29.3 Å². The molecule has 212 valence electrons. The maximum atomic E-state index is 14.6. The molecule has 3 aromatic rings. The molecule has 1 amide bonds. The summed E-state index contributed by atoms with van der Waals surface area (Å²) < 4.78 is 26.9. The lowest BCUT2D eigenvalue weighted by Gasteiger charge is -2.35. The van der Waals surface area contributed by atoms with Gasteiger partial charge in [0.25, 0.3) is 0 Å². The van der Waals surface area contributed by atoms with Crippen LogP contribution in [0.5, 0.6) is 11.5 Å². The maximum absolute atomic E-state index is 14.6. The molecule has 9 heteroatoms. The summed E-state index contributed by atoms with van der Waals surface area (Å²) >= 11 is 0. The molecular formula is C31H37FN4O4. The molecule has 0 aliphatic carbocycles. The number of benzene rings is 2. The topological polar surface area (TPSA) is 96.8 Å².